The molecule has 34 heavy (non-hydrogen) atoms. The minimum absolute atomic E-state index is 0.168. The first-order valence-corrected chi connectivity index (χ1v) is 10.9. The fraction of sp³-hybridized carbons (Fsp3) is 0.300. The van der Waals surface area contributed by atoms with Crippen molar-refractivity contribution in [3.8, 4) is 5.82 Å². The van der Waals surface area contributed by atoms with Gasteiger partial charge in [-0.2, -0.15) is 23.4 Å². The molecule has 0 radical (unpaired) electrons. The maximum absolute atomic E-state index is 13.6. The van der Waals surface area contributed by atoms with Crippen molar-refractivity contribution in [3.63, 3.8) is 0 Å². The second kappa shape index (κ2) is 9.30. The number of hydrogen-bond acceptors (Lipinski definition) is 8. The molecule has 0 saturated heterocycles. The molecule has 0 aliphatic heterocycles. The minimum Gasteiger partial charge on any atom is -0.377 e. The molecule has 0 aromatic carbocycles. The van der Waals surface area contributed by atoms with Crippen LogP contribution >= 0.6 is 11.3 Å². The Kier molecular flexibility index (Phi) is 6.43. The molecule has 1 atom stereocenters. The third-order valence-corrected chi connectivity index (χ3v) is 5.97. The summed E-state index contributed by atoms with van der Waals surface area (Å²) in [5, 5.41) is 13.3. The van der Waals surface area contributed by atoms with Crippen LogP contribution in [0.1, 0.15) is 36.1 Å². The van der Waals surface area contributed by atoms with Crippen molar-refractivity contribution in [1.82, 2.24) is 29.9 Å². The van der Waals surface area contributed by atoms with Crippen LogP contribution in [0.4, 0.5) is 29.3 Å². The molecule has 0 aliphatic rings. The van der Waals surface area contributed by atoms with Crippen molar-refractivity contribution in [2.75, 3.05) is 17.7 Å². The van der Waals surface area contributed by atoms with Crippen LogP contribution in [0.5, 0.6) is 0 Å². The number of carbonyl (C=O) groups excluding carboxylic acids is 1. The van der Waals surface area contributed by atoms with Crippen LogP contribution in [0, 0.1) is 0 Å². The molecule has 0 aliphatic carbocycles. The largest absolute Gasteiger partial charge is 0.420 e. The van der Waals surface area contributed by atoms with Crippen molar-refractivity contribution in [2.24, 2.45) is 0 Å². The van der Waals surface area contributed by atoms with Crippen molar-refractivity contribution in [1.29, 1.82) is 0 Å². The van der Waals surface area contributed by atoms with E-state index in [1.54, 1.807) is 6.92 Å². The number of carbonyl (C=O) groups is 1. The highest BCUT2D eigenvalue weighted by Gasteiger charge is 2.36. The Labute approximate surface area is 195 Å². The SMILES string of the molecule is CCc1nc2c(C(C)OC)c(NC(=O)Nc3cnc(-n4nccn4)c(C(F)(F)F)c3)cnc2s1. The van der Waals surface area contributed by atoms with Gasteiger partial charge in [0.1, 0.15) is 15.9 Å². The standard InChI is InChI=1S/C20H19F3N8O2S/c1-4-14-30-16-15(10(2)33-3)13(9-25-18(16)34-14)29-19(32)28-11-7-12(20(21,22)23)17(24-8-11)31-26-5-6-27-31/h5-10H,4H2,1-3H3,(H2,28,29,32). The normalized spacial score (nSPS) is 12.6. The number of amides is 2. The Balaban J connectivity index is 1.63. The van der Waals surface area contributed by atoms with E-state index in [0.29, 0.717) is 21.6 Å². The highest BCUT2D eigenvalue weighted by Crippen LogP contribution is 2.35. The maximum Gasteiger partial charge on any atom is 0.420 e. The lowest BCUT2D eigenvalue weighted by molar-refractivity contribution is -0.137. The second-order valence-electron chi connectivity index (χ2n) is 7.07. The number of fused-ring (bicyclic) bond motifs is 1. The summed E-state index contributed by atoms with van der Waals surface area (Å²) in [6, 6.07) is -0.0177. The zero-order valence-electron chi connectivity index (χ0n) is 18.2. The zero-order valence-corrected chi connectivity index (χ0v) is 19.0. The van der Waals surface area contributed by atoms with Gasteiger partial charge in [0.2, 0.25) is 0 Å². The predicted molar refractivity (Wildman–Crippen MR) is 119 cm³/mol. The van der Waals surface area contributed by atoms with E-state index in [1.165, 1.54) is 37.0 Å². The molecule has 4 aromatic heterocycles. The number of urea groups is 1. The molecule has 14 heteroatoms. The minimum atomic E-state index is -4.75. The monoisotopic (exact) mass is 492 g/mol. The number of hydrogen-bond donors (Lipinski definition) is 2. The Morgan fingerprint density at radius 1 is 1.21 bits per heavy atom. The summed E-state index contributed by atoms with van der Waals surface area (Å²) in [6.07, 6.45) is 0.573. The highest BCUT2D eigenvalue weighted by atomic mass is 32.1. The van der Waals surface area contributed by atoms with Gasteiger partial charge in [0.15, 0.2) is 5.82 Å². The average Bonchev–Trinajstić information content (AvgIpc) is 3.47. The van der Waals surface area contributed by atoms with Gasteiger partial charge in [-0.15, -0.1) is 4.80 Å². The fourth-order valence-corrected chi connectivity index (χ4v) is 4.08. The van der Waals surface area contributed by atoms with Crippen molar-refractivity contribution < 1.29 is 22.7 Å². The molecular formula is C20H19F3N8O2S. The summed E-state index contributed by atoms with van der Waals surface area (Å²) < 4.78 is 46.2. The van der Waals surface area contributed by atoms with Gasteiger partial charge >= 0.3 is 12.2 Å². The molecule has 4 heterocycles. The van der Waals surface area contributed by atoms with E-state index in [0.717, 1.165) is 28.5 Å². The number of anilines is 2. The molecule has 4 aromatic rings. The summed E-state index contributed by atoms with van der Waals surface area (Å²) in [5.41, 5.74) is 0.276. The second-order valence-corrected chi connectivity index (χ2v) is 8.13. The van der Waals surface area contributed by atoms with E-state index < -0.39 is 29.7 Å². The van der Waals surface area contributed by atoms with Crippen LogP contribution in [-0.4, -0.2) is 43.1 Å². The molecule has 0 fully saturated rings. The number of nitrogens with zero attached hydrogens (tertiary/aromatic N) is 6. The van der Waals surface area contributed by atoms with Crippen molar-refractivity contribution in [3.05, 3.63) is 47.0 Å². The number of aromatic nitrogens is 6. The first kappa shape index (κ1) is 23.5. The van der Waals surface area contributed by atoms with Crippen LogP contribution < -0.4 is 10.6 Å². The Morgan fingerprint density at radius 3 is 2.59 bits per heavy atom. The van der Waals surface area contributed by atoms with Gasteiger partial charge in [-0.05, 0) is 19.4 Å². The molecule has 178 valence electrons. The van der Waals surface area contributed by atoms with E-state index in [2.05, 4.69) is 35.8 Å². The van der Waals surface area contributed by atoms with Gasteiger partial charge in [0, 0.05) is 12.7 Å². The molecule has 0 bridgehead atoms. The third kappa shape index (κ3) is 4.68. The molecule has 10 nitrogen and oxygen atoms in total. The summed E-state index contributed by atoms with van der Waals surface area (Å²) >= 11 is 1.44. The van der Waals surface area contributed by atoms with Gasteiger partial charge < -0.3 is 15.4 Å². The number of alkyl halides is 3. The summed E-state index contributed by atoms with van der Waals surface area (Å²) in [4.78, 5) is 26.8. The van der Waals surface area contributed by atoms with Gasteiger partial charge in [0.25, 0.3) is 0 Å². The van der Waals surface area contributed by atoms with E-state index in [1.807, 2.05) is 6.92 Å². The van der Waals surface area contributed by atoms with Crippen molar-refractivity contribution in [2.45, 2.75) is 32.5 Å². The van der Waals surface area contributed by atoms with Crippen LogP contribution in [0.2, 0.25) is 0 Å². The molecule has 2 amide bonds. The lowest BCUT2D eigenvalue weighted by atomic mass is 10.1. The van der Waals surface area contributed by atoms with Gasteiger partial charge in [-0.1, -0.05) is 18.3 Å². The number of thiazole rings is 1. The fourth-order valence-electron chi connectivity index (χ4n) is 3.22. The first-order chi connectivity index (χ1) is 16.2. The molecule has 2 N–H and O–H groups in total. The number of aryl methyl sites for hydroxylation is 1. The van der Waals surface area contributed by atoms with E-state index in [9.17, 15) is 18.0 Å². The van der Waals surface area contributed by atoms with E-state index in [-0.39, 0.29) is 5.69 Å². The topological polar surface area (TPSA) is 120 Å². The number of nitrogens with one attached hydrogen (secondary N) is 2. The van der Waals surface area contributed by atoms with E-state index >= 15 is 0 Å². The predicted octanol–water partition coefficient (Wildman–Crippen LogP) is 4.60. The highest BCUT2D eigenvalue weighted by molar-refractivity contribution is 7.18. The quantitative estimate of drug-likeness (QED) is 0.404. The van der Waals surface area contributed by atoms with Gasteiger partial charge in [0.05, 0.1) is 47.3 Å². The first-order valence-electron chi connectivity index (χ1n) is 10.0. The van der Waals surface area contributed by atoms with Crippen LogP contribution in [0.3, 0.4) is 0 Å². The summed E-state index contributed by atoms with van der Waals surface area (Å²) in [7, 11) is 1.52. The molecule has 0 spiro atoms. The number of halogens is 3. The number of pyridine rings is 2. The van der Waals surface area contributed by atoms with Crippen LogP contribution in [0.25, 0.3) is 16.2 Å². The van der Waals surface area contributed by atoms with E-state index in [4.69, 9.17) is 4.74 Å². The number of ether oxygens (including phenoxy) is 1. The lowest BCUT2D eigenvalue weighted by Gasteiger charge is -2.17. The lowest BCUT2D eigenvalue weighted by Crippen LogP contribution is -2.22. The Morgan fingerprint density at radius 2 is 1.94 bits per heavy atom. The maximum atomic E-state index is 13.6. The van der Waals surface area contributed by atoms with Crippen LogP contribution in [-0.2, 0) is 17.3 Å². The molecule has 4 rings (SSSR count). The number of rotatable bonds is 6. The molecule has 1 unspecified atom stereocenters. The van der Waals surface area contributed by atoms with Crippen LogP contribution in [0.15, 0.2) is 30.9 Å². The third-order valence-electron chi connectivity index (χ3n) is 4.86. The summed E-state index contributed by atoms with van der Waals surface area (Å²) in [6.45, 7) is 3.77. The Hall–Kier alpha value is -3.65. The average molecular weight is 492 g/mol. The van der Waals surface area contributed by atoms with Crippen molar-refractivity contribution >= 4 is 39.1 Å². The molecule has 0 saturated carbocycles. The Bertz CT molecular complexity index is 1320. The van der Waals surface area contributed by atoms with Gasteiger partial charge in [-0.25, -0.2) is 19.7 Å². The molecular weight excluding hydrogens is 473 g/mol. The smallest absolute Gasteiger partial charge is 0.377 e. The summed E-state index contributed by atoms with van der Waals surface area (Å²) in [5.74, 6) is -0.510. The number of methoxy groups -OCH3 is 1. The zero-order chi connectivity index (χ0) is 24.5. The van der Waals surface area contributed by atoms with Gasteiger partial charge in [-0.3, -0.25) is 0 Å².